The molecule has 0 radical (unpaired) electrons. The van der Waals surface area contributed by atoms with Crippen molar-refractivity contribution in [2.45, 2.75) is 37.6 Å². The van der Waals surface area contributed by atoms with E-state index in [0.29, 0.717) is 40.2 Å². The quantitative estimate of drug-likeness (QED) is 0.747. The molecule has 2 aromatic rings. The van der Waals surface area contributed by atoms with Crippen LogP contribution in [0.4, 0.5) is 5.69 Å². The van der Waals surface area contributed by atoms with Crippen LogP contribution in [0, 0.1) is 13.8 Å². The van der Waals surface area contributed by atoms with E-state index in [4.69, 9.17) is 11.6 Å². The van der Waals surface area contributed by atoms with Gasteiger partial charge >= 0.3 is 5.97 Å². The van der Waals surface area contributed by atoms with Gasteiger partial charge in [0.25, 0.3) is 5.91 Å². The van der Waals surface area contributed by atoms with Crippen LogP contribution < -0.4 is 5.32 Å². The number of amides is 1. The lowest BCUT2D eigenvalue weighted by atomic mass is 10.1. The summed E-state index contributed by atoms with van der Waals surface area (Å²) in [6.07, 6.45) is 0.797. The maximum absolute atomic E-state index is 13.0. The molecule has 1 amide bonds. The highest BCUT2D eigenvalue weighted by atomic mass is 35.5. The van der Waals surface area contributed by atoms with Crippen molar-refractivity contribution < 1.29 is 23.1 Å². The van der Waals surface area contributed by atoms with E-state index in [1.807, 2.05) is 0 Å². The fourth-order valence-electron chi connectivity index (χ4n) is 3.47. The summed E-state index contributed by atoms with van der Waals surface area (Å²) in [5.74, 6) is -1.49. The van der Waals surface area contributed by atoms with Crippen LogP contribution in [0.15, 0.2) is 41.3 Å². The number of aryl methyl sites for hydroxylation is 2. The van der Waals surface area contributed by atoms with Gasteiger partial charge in [-0.2, -0.15) is 4.31 Å². The molecule has 0 aromatic heterocycles. The topological polar surface area (TPSA) is 104 Å². The van der Waals surface area contributed by atoms with E-state index in [1.165, 1.54) is 12.1 Å². The van der Waals surface area contributed by atoms with E-state index in [1.54, 1.807) is 38.1 Å². The zero-order chi connectivity index (χ0) is 21.3. The molecule has 2 N–H and O–H groups in total. The molecule has 0 bridgehead atoms. The molecule has 0 unspecified atom stereocenters. The first-order chi connectivity index (χ1) is 13.6. The smallest absolute Gasteiger partial charge is 0.322 e. The molecule has 0 aliphatic carbocycles. The monoisotopic (exact) mass is 436 g/mol. The number of halogens is 1. The summed E-state index contributed by atoms with van der Waals surface area (Å²) in [5, 5.41) is 12.6. The van der Waals surface area contributed by atoms with Crippen LogP contribution in [-0.4, -0.2) is 42.3 Å². The SMILES string of the molecule is Cc1cc(S(=O)(=O)N2CCC[C@H]2C(=O)O)cc(C)c1NC(=O)c1ccc(Cl)cc1. The van der Waals surface area contributed by atoms with Crippen LogP contribution in [0.25, 0.3) is 0 Å². The normalized spacial score (nSPS) is 17.3. The number of aliphatic carboxylic acids is 1. The molecule has 1 heterocycles. The van der Waals surface area contributed by atoms with Crippen LogP contribution >= 0.6 is 11.6 Å². The van der Waals surface area contributed by atoms with Crippen LogP contribution in [0.3, 0.4) is 0 Å². The highest BCUT2D eigenvalue weighted by Gasteiger charge is 2.39. The van der Waals surface area contributed by atoms with Crippen molar-refractivity contribution in [3.8, 4) is 0 Å². The highest BCUT2D eigenvalue weighted by Crippen LogP contribution is 2.30. The lowest BCUT2D eigenvalue weighted by molar-refractivity contribution is -0.140. The van der Waals surface area contributed by atoms with E-state index in [-0.39, 0.29) is 17.3 Å². The van der Waals surface area contributed by atoms with Gasteiger partial charge in [-0.05, 0) is 74.2 Å². The van der Waals surface area contributed by atoms with Crippen molar-refractivity contribution in [3.63, 3.8) is 0 Å². The van der Waals surface area contributed by atoms with Crippen molar-refractivity contribution in [1.82, 2.24) is 4.31 Å². The van der Waals surface area contributed by atoms with Crippen LogP contribution in [0.5, 0.6) is 0 Å². The summed E-state index contributed by atoms with van der Waals surface area (Å²) in [4.78, 5) is 23.9. The van der Waals surface area contributed by atoms with E-state index >= 15 is 0 Å². The Hall–Kier alpha value is -2.42. The predicted octanol–water partition coefficient (Wildman–Crippen LogP) is 3.45. The number of carbonyl (C=O) groups excluding carboxylic acids is 1. The number of carboxylic acid groups (broad SMARTS) is 1. The Labute approximate surface area is 174 Å². The largest absolute Gasteiger partial charge is 0.480 e. The first kappa shape index (κ1) is 21.3. The summed E-state index contributed by atoms with van der Waals surface area (Å²) < 4.78 is 27.0. The average molecular weight is 437 g/mol. The van der Waals surface area contributed by atoms with Gasteiger partial charge in [0.2, 0.25) is 10.0 Å². The molecule has 7 nitrogen and oxygen atoms in total. The van der Waals surface area contributed by atoms with E-state index < -0.39 is 22.0 Å². The number of hydrogen-bond acceptors (Lipinski definition) is 4. The maximum Gasteiger partial charge on any atom is 0.322 e. The second-order valence-corrected chi connectivity index (χ2v) is 9.33. The maximum atomic E-state index is 13.0. The lowest BCUT2D eigenvalue weighted by Gasteiger charge is -2.22. The Morgan fingerprint density at radius 1 is 1.14 bits per heavy atom. The number of benzene rings is 2. The van der Waals surface area contributed by atoms with Gasteiger partial charge in [-0.3, -0.25) is 9.59 Å². The molecule has 1 saturated heterocycles. The molecule has 1 aliphatic heterocycles. The summed E-state index contributed by atoms with van der Waals surface area (Å²) >= 11 is 5.84. The average Bonchev–Trinajstić information content (AvgIpc) is 3.16. The first-order valence-corrected chi connectivity index (χ1v) is 10.9. The van der Waals surface area contributed by atoms with Crippen LogP contribution in [0.2, 0.25) is 5.02 Å². The van der Waals surface area contributed by atoms with E-state index in [9.17, 15) is 23.1 Å². The molecular weight excluding hydrogens is 416 g/mol. The van der Waals surface area contributed by atoms with E-state index in [2.05, 4.69) is 5.32 Å². The van der Waals surface area contributed by atoms with Gasteiger partial charge in [-0.25, -0.2) is 8.42 Å². The molecule has 154 valence electrons. The first-order valence-electron chi connectivity index (χ1n) is 9.04. The van der Waals surface area contributed by atoms with Gasteiger partial charge in [0.05, 0.1) is 4.90 Å². The molecule has 0 spiro atoms. The number of hydrogen-bond donors (Lipinski definition) is 2. The molecule has 9 heteroatoms. The summed E-state index contributed by atoms with van der Waals surface area (Å²) in [6, 6.07) is 8.28. The highest BCUT2D eigenvalue weighted by molar-refractivity contribution is 7.89. The number of rotatable bonds is 5. The fourth-order valence-corrected chi connectivity index (χ4v) is 5.42. The molecule has 2 aromatic carbocycles. The third-order valence-electron chi connectivity index (χ3n) is 4.95. The third kappa shape index (κ3) is 4.29. The minimum atomic E-state index is -3.95. The van der Waals surface area contributed by atoms with Gasteiger partial charge < -0.3 is 10.4 Å². The standard InChI is InChI=1S/C20H21ClN2O5S/c1-12-10-16(29(27,28)23-9-3-4-17(23)20(25)26)11-13(2)18(12)22-19(24)14-5-7-15(21)8-6-14/h5-8,10-11,17H,3-4,9H2,1-2H3,(H,22,24)(H,25,26)/t17-/m0/s1. The summed E-state index contributed by atoms with van der Waals surface area (Å²) in [7, 11) is -3.95. The van der Waals surface area contributed by atoms with E-state index in [0.717, 1.165) is 4.31 Å². The number of nitrogens with one attached hydrogen (secondary N) is 1. The Balaban J connectivity index is 1.90. The van der Waals surface area contributed by atoms with Crippen molar-refractivity contribution in [2.75, 3.05) is 11.9 Å². The van der Waals surface area contributed by atoms with Gasteiger partial charge in [-0.1, -0.05) is 11.6 Å². The Morgan fingerprint density at radius 3 is 2.28 bits per heavy atom. The number of anilines is 1. The van der Waals surface area contributed by atoms with Crippen molar-refractivity contribution in [3.05, 3.63) is 58.1 Å². The van der Waals surface area contributed by atoms with Gasteiger partial charge in [-0.15, -0.1) is 0 Å². The number of carboxylic acids is 1. The van der Waals surface area contributed by atoms with Crippen LogP contribution in [0.1, 0.15) is 34.3 Å². The van der Waals surface area contributed by atoms with Crippen molar-refractivity contribution in [1.29, 1.82) is 0 Å². The third-order valence-corrected chi connectivity index (χ3v) is 7.08. The molecule has 1 atom stereocenters. The number of sulfonamides is 1. The van der Waals surface area contributed by atoms with Crippen molar-refractivity contribution in [2.24, 2.45) is 0 Å². The Bertz CT molecular complexity index is 1040. The zero-order valence-corrected chi connectivity index (χ0v) is 17.5. The molecule has 29 heavy (non-hydrogen) atoms. The molecule has 0 saturated carbocycles. The Kier molecular flexibility index (Phi) is 5.97. The second kappa shape index (κ2) is 8.14. The molecule has 1 aliphatic rings. The van der Waals surface area contributed by atoms with Gasteiger partial charge in [0, 0.05) is 22.8 Å². The lowest BCUT2D eigenvalue weighted by Crippen LogP contribution is -2.40. The zero-order valence-electron chi connectivity index (χ0n) is 16.0. The molecular formula is C20H21ClN2O5S. The second-order valence-electron chi connectivity index (χ2n) is 7.01. The fraction of sp³-hybridized carbons (Fsp3) is 0.300. The summed E-state index contributed by atoms with van der Waals surface area (Å²) in [6.45, 7) is 3.57. The van der Waals surface area contributed by atoms with Gasteiger partial charge in [0.15, 0.2) is 0 Å². The number of carbonyl (C=O) groups is 2. The summed E-state index contributed by atoms with van der Waals surface area (Å²) in [5.41, 5.74) is 2.07. The minimum Gasteiger partial charge on any atom is -0.480 e. The number of nitrogens with zero attached hydrogens (tertiary/aromatic N) is 1. The van der Waals surface area contributed by atoms with Gasteiger partial charge in [0.1, 0.15) is 6.04 Å². The molecule has 3 rings (SSSR count). The Morgan fingerprint density at radius 2 is 1.72 bits per heavy atom. The van der Waals surface area contributed by atoms with Crippen molar-refractivity contribution >= 4 is 39.2 Å². The molecule has 1 fully saturated rings. The minimum absolute atomic E-state index is 0.0186. The predicted molar refractivity (Wildman–Crippen MR) is 110 cm³/mol. The van der Waals surface area contributed by atoms with Crippen LogP contribution in [-0.2, 0) is 14.8 Å².